The van der Waals surface area contributed by atoms with Crippen LogP contribution >= 0.6 is 11.3 Å². The summed E-state index contributed by atoms with van der Waals surface area (Å²) in [6.45, 7) is 0.797. The Morgan fingerprint density at radius 2 is 1.79 bits per heavy atom. The summed E-state index contributed by atoms with van der Waals surface area (Å²) in [4.78, 5) is 12.7. The number of hydrogen-bond acceptors (Lipinski definition) is 4. The molecule has 0 aliphatic heterocycles. The molecule has 0 saturated heterocycles. The predicted octanol–water partition coefficient (Wildman–Crippen LogP) is 3.21. The van der Waals surface area contributed by atoms with Gasteiger partial charge in [0.2, 0.25) is 6.29 Å². The number of aliphatic hydroxyl groups excluding tert-OH is 1. The Labute approximate surface area is 145 Å². The molecule has 1 heterocycles. The van der Waals surface area contributed by atoms with Crippen LogP contribution in [0.5, 0.6) is 5.75 Å². The smallest absolute Gasteiger partial charge is 0.202 e. The highest BCUT2D eigenvalue weighted by Gasteiger charge is 2.16. The van der Waals surface area contributed by atoms with E-state index in [1.54, 1.807) is 6.07 Å². The van der Waals surface area contributed by atoms with Crippen molar-refractivity contribution in [3.05, 3.63) is 52.7 Å². The standard InChI is InChI=1S/C19H22NO3S/c1-20(2,3)12-11-17(21)23-15-9-6-8-14-18(22)13-7-4-5-10-16(13)24-19(14)15/h4-10,17,21H,11-12H2,1-3H3/q+1. The Kier molecular flexibility index (Phi) is 4.58. The monoisotopic (exact) mass is 344 g/mol. The van der Waals surface area contributed by atoms with Gasteiger partial charge in [-0.3, -0.25) is 4.79 Å². The lowest BCUT2D eigenvalue weighted by Gasteiger charge is -2.25. The van der Waals surface area contributed by atoms with E-state index in [1.165, 1.54) is 11.3 Å². The zero-order valence-electron chi connectivity index (χ0n) is 14.2. The third-order valence-electron chi connectivity index (χ3n) is 3.88. The molecule has 0 aliphatic carbocycles. The third-order valence-corrected chi connectivity index (χ3v) is 5.08. The summed E-state index contributed by atoms with van der Waals surface area (Å²) in [6, 6.07) is 13.0. The van der Waals surface area contributed by atoms with Crippen molar-refractivity contribution in [2.24, 2.45) is 0 Å². The van der Waals surface area contributed by atoms with Gasteiger partial charge in [-0.1, -0.05) is 18.2 Å². The van der Waals surface area contributed by atoms with Gasteiger partial charge in [-0.2, -0.15) is 0 Å². The molecule has 24 heavy (non-hydrogen) atoms. The van der Waals surface area contributed by atoms with E-state index in [9.17, 15) is 9.90 Å². The Morgan fingerprint density at radius 3 is 2.54 bits per heavy atom. The summed E-state index contributed by atoms with van der Waals surface area (Å²) in [5.41, 5.74) is 0.00523. The number of benzene rings is 2. The summed E-state index contributed by atoms with van der Waals surface area (Å²) >= 11 is 1.52. The predicted molar refractivity (Wildman–Crippen MR) is 99.8 cm³/mol. The van der Waals surface area contributed by atoms with E-state index in [1.807, 2.05) is 36.4 Å². The van der Waals surface area contributed by atoms with Crippen LogP contribution in [0.1, 0.15) is 6.42 Å². The van der Waals surface area contributed by atoms with Gasteiger partial charge in [-0.15, -0.1) is 11.3 Å². The quantitative estimate of drug-likeness (QED) is 0.439. The van der Waals surface area contributed by atoms with Crippen LogP contribution < -0.4 is 10.2 Å². The Balaban J connectivity index is 1.98. The normalized spacial score (nSPS) is 13.3. The number of nitrogens with zero attached hydrogens (tertiary/aromatic N) is 1. The average Bonchev–Trinajstić information content (AvgIpc) is 2.53. The van der Waals surface area contributed by atoms with E-state index < -0.39 is 6.29 Å². The van der Waals surface area contributed by atoms with Crippen LogP contribution in [0.25, 0.3) is 20.2 Å². The van der Waals surface area contributed by atoms with Gasteiger partial charge in [-0.25, -0.2) is 0 Å². The second-order valence-electron chi connectivity index (χ2n) is 6.94. The van der Waals surface area contributed by atoms with Crippen molar-refractivity contribution in [2.45, 2.75) is 12.7 Å². The maximum atomic E-state index is 12.7. The van der Waals surface area contributed by atoms with E-state index in [4.69, 9.17) is 4.74 Å². The lowest BCUT2D eigenvalue weighted by Crippen LogP contribution is -2.37. The van der Waals surface area contributed by atoms with Crippen LogP contribution in [0.15, 0.2) is 47.3 Å². The van der Waals surface area contributed by atoms with Gasteiger partial charge in [0.1, 0.15) is 5.75 Å². The molecule has 1 atom stereocenters. The SMILES string of the molecule is C[N+](C)(C)CCC(O)Oc1cccc2c(=O)c3ccccc3sc12. The number of ether oxygens (including phenoxy) is 1. The minimum absolute atomic E-state index is 0.00523. The Morgan fingerprint density at radius 1 is 1.08 bits per heavy atom. The number of rotatable bonds is 5. The van der Waals surface area contributed by atoms with Crippen LogP contribution in [0, 0.1) is 0 Å². The van der Waals surface area contributed by atoms with Crippen molar-refractivity contribution < 1.29 is 14.3 Å². The molecule has 2 aromatic carbocycles. The summed E-state index contributed by atoms with van der Waals surface area (Å²) in [5.74, 6) is 0.564. The fourth-order valence-corrected chi connectivity index (χ4v) is 3.72. The van der Waals surface area contributed by atoms with Crippen molar-refractivity contribution in [1.82, 2.24) is 0 Å². The van der Waals surface area contributed by atoms with Gasteiger partial charge in [0.05, 0.1) is 38.8 Å². The molecule has 0 radical (unpaired) electrons. The van der Waals surface area contributed by atoms with Gasteiger partial charge in [-0.05, 0) is 24.3 Å². The van der Waals surface area contributed by atoms with E-state index in [0.29, 0.717) is 17.6 Å². The van der Waals surface area contributed by atoms with E-state index >= 15 is 0 Å². The third kappa shape index (κ3) is 3.59. The lowest BCUT2D eigenvalue weighted by atomic mass is 10.2. The molecule has 126 valence electrons. The molecule has 0 aliphatic rings. The number of fused-ring (bicyclic) bond motifs is 2. The summed E-state index contributed by atoms with van der Waals surface area (Å²) in [6.07, 6.45) is -0.357. The first kappa shape index (κ1) is 16.9. The average molecular weight is 344 g/mol. The second-order valence-corrected chi connectivity index (χ2v) is 7.99. The maximum absolute atomic E-state index is 12.7. The number of aliphatic hydroxyl groups is 1. The molecule has 0 saturated carbocycles. The molecule has 0 bridgehead atoms. The molecule has 1 unspecified atom stereocenters. The number of hydrogen-bond donors (Lipinski definition) is 1. The fraction of sp³-hybridized carbons (Fsp3) is 0.316. The molecule has 4 nitrogen and oxygen atoms in total. The molecule has 0 fully saturated rings. The highest BCUT2D eigenvalue weighted by atomic mass is 32.1. The first-order chi connectivity index (χ1) is 11.3. The number of quaternary nitrogens is 1. The van der Waals surface area contributed by atoms with E-state index in [2.05, 4.69) is 21.1 Å². The molecular formula is C19H22NO3S+. The summed E-state index contributed by atoms with van der Waals surface area (Å²) in [7, 11) is 6.22. The van der Waals surface area contributed by atoms with E-state index in [-0.39, 0.29) is 5.43 Å². The van der Waals surface area contributed by atoms with Crippen molar-refractivity contribution in [3.8, 4) is 5.75 Å². The van der Waals surface area contributed by atoms with Crippen LogP contribution in [-0.2, 0) is 0 Å². The zero-order valence-corrected chi connectivity index (χ0v) is 15.0. The first-order valence-corrected chi connectivity index (χ1v) is 8.76. The van der Waals surface area contributed by atoms with Crippen molar-refractivity contribution >= 4 is 31.5 Å². The van der Waals surface area contributed by atoms with Crippen LogP contribution in [0.4, 0.5) is 0 Å². The summed E-state index contributed by atoms with van der Waals surface area (Å²) in [5, 5.41) is 11.6. The fourth-order valence-electron chi connectivity index (χ4n) is 2.59. The second kappa shape index (κ2) is 6.51. The summed E-state index contributed by atoms with van der Waals surface area (Å²) < 4.78 is 8.21. The van der Waals surface area contributed by atoms with Crippen molar-refractivity contribution in [2.75, 3.05) is 27.7 Å². The Bertz CT molecular complexity index is 927. The molecule has 3 aromatic rings. The van der Waals surface area contributed by atoms with Gasteiger partial charge in [0, 0.05) is 15.5 Å². The maximum Gasteiger partial charge on any atom is 0.202 e. The van der Waals surface area contributed by atoms with Gasteiger partial charge < -0.3 is 14.3 Å². The lowest BCUT2D eigenvalue weighted by molar-refractivity contribution is -0.871. The molecule has 0 amide bonds. The van der Waals surface area contributed by atoms with Gasteiger partial charge in [0.25, 0.3) is 0 Å². The first-order valence-electron chi connectivity index (χ1n) is 7.95. The highest BCUT2D eigenvalue weighted by molar-refractivity contribution is 7.24. The minimum Gasteiger partial charge on any atom is -0.463 e. The molecular weight excluding hydrogens is 322 g/mol. The minimum atomic E-state index is -0.887. The van der Waals surface area contributed by atoms with Crippen molar-refractivity contribution in [3.63, 3.8) is 0 Å². The van der Waals surface area contributed by atoms with Gasteiger partial charge in [0.15, 0.2) is 5.43 Å². The topological polar surface area (TPSA) is 46.5 Å². The van der Waals surface area contributed by atoms with Crippen LogP contribution in [-0.4, -0.2) is 43.6 Å². The van der Waals surface area contributed by atoms with Gasteiger partial charge >= 0.3 is 0 Å². The molecule has 3 rings (SSSR count). The molecule has 1 N–H and O–H groups in total. The van der Waals surface area contributed by atoms with Crippen LogP contribution in [0.3, 0.4) is 0 Å². The Hall–Kier alpha value is -1.95. The van der Waals surface area contributed by atoms with Crippen molar-refractivity contribution in [1.29, 1.82) is 0 Å². The molecule has 0 spiro atoms. The highest BCUT2D eigenvalue weighted by Crippen LogP contribution is 2.32. The largest absolute Gasteiger partial charge is 0.463 e. The molecule has 1 aromatic heterocycles. The zero-order chi connectivity index (χ0) is 17.3. The van der Waals surface area contributed by atoms with Crippen LogP contribution in [0.2, 0.25) is 0 Å². The molecule has 5 heteroatoms. The van der Waals surface area contributed by atoms with E-state index in [0.717, 1.165) is 25.8 Å².